The summed E-state index contributed by atoms with van der Waals surface area (Å²) in [5, 5.41) is 19.7. The molecule has 1 aromatic rings. The molecule has 20 heavy (non-hydrogen) atoms. The second kappa shape index (κ2) is 5.55. The Bertz CT molecular complexity index is 655. The molecule has 0 fully saturated rings. The first kappa shape index (κ1) is 16.1. The number of nitrogens with zero attached hydrogens (tertiary/aromatic N) is 2. The lowest BCUT2D eigenvalue weighted by Gasteiger charge is -2.21. The van der Waals surface area contributed by atoms with Crippen molar-refractivity contribution in [3.05, 3.63) is 33.9 Å². The van der Waals surface area contributed by atoms with E-state index < -0.39 is 27.0 Å². The molecule has 1 unspecified atom stereocenters. The normalized spacial score (nSPS) is 13.2. The Balaban J connectivity index is 3.41. The number of nitro benzene ring substituents is 1. The zero-order valence-electron chi connectivity index (χ0n) is 11.1. The number of hydrogen-bond donors (Lipinski definition) is 1. The van der Waals surface area contributed by atoms with E-state index in [0.29, 0.717) is 4.31 Å². The SMILES string of the molecule is Cc1c([N+](=O)[O-])cccc1S(=O)(=O)N(C)C(C)C(=O)O. The van der Waals surface area contributed by atoms with Crippen LogP contribution in [-0.4, -0.2) is 41.8 Å². The molecular weight excluding hydrogens is 288 g/mol. The van der Waals surface area contributed by atoms with E-state index in [4.69, 9.17) is 5.11 Å². The highest BCUT2D eigenvalue weighted by molar-refractivity contribution is 7.89. The molecule has 110 valence electrons. The van der Waals surface area contributed by atoms with Crippen LogP contribution in [0.3, 0.4) is 0 Å². The highest BCUT2D eigenvalue weighted by atomic mass is 32.2. The van der Waals surface area contributed by atoms with Crippen molar-refractivity contribution in [2.75, 3.05) is 7.05 Å². The van der Waals surface area contributed by atoms with E-state index in [2.05, 4.69) is 0 Å². The molecule has 0 aliphatic carbocycles. The Labute approximate surface area is 115 Å². The maximum Gasteiger partial charge on any atom is 0.321 e. The summed E-state index contributed by atoms with van der Waals surface area (Å²) in [5.74, 6) is -1.31. The van der Waals surface area contributed by atoms with Crippen LogP contribution in [0.25, 0.3) is 0 Å². The van der Waals surface area contributed by atoms with Crippen LogP contribution in [0.2, 0.25) is 0 Å². The molecule has 1 rings (SSSR count). The molecule has 0 saturated carbocycles. The van der Waals surface area contributed by atoms with Crippen LogP contribution < -0.4 is 0 Å². The van der Waals surface area contributed by atoms with Crippen LogP contribution in [0.4, 0.5) is 5.69 Å². The first-order chi connectivity index (χ1) is 9.10. The number of hydrogen-bond acceptors (Lipinski definition) is 5. The minimum Gasteiger partial charge on any atom is -0.480 e. The van der Waals surface area contributed by atoms with Gasteiger partial charge >= 0.3 is 5.97 Å². The molecule has 1 aromatic carbocycles. The lowest BCUT2D eigenvalue weighted by Crippen LogP contribution is -2.40. The lowest BCUT2D eigenvalue weighted by atomic mass is 10.2. The van der Waals surface area contributed by atoms with Crippen LogP contribution in [0.15, 0.2) is 23.1 Å². The van der Waals surface area contributed by atoms with Gasteiger partial charge in [0.1, 0.15) is 6.04 Å². The van der Waals surface area contributed by atoms with Crippen molar-refractivity contribution in [3.63, 3.8) is 0 Å². The van der Waals surface area contributed by atoms with Crippen LogP contribution in [-0.2, 0) is 14.8 Å². The predicted octanol–water partition coefficient (Wildman–Crippen LogP) is 0.997. The molecule has 0 aromatic heterocycles. The Hall–Kier alpha value is -2.00. The molecule has 1 N–H and O–H groups in total. The van der Waals surface area contributed by atoms with E-state index in [1.807, 2.05) is 0 Å². The van der Waals surface area contributed by atoms with Crippen LogP contribution in [0, 0.1) is 17.0 Å². The fourth-order valence-corrected chi connectivity index (χ4v) is 3.16. The van der Waals surface area contributed by atoms with E-state index in [-0.39, 0.29) is 16.1 Å². The van der Waals surface area contributed by atoms with Gasteiger partial charge in [0.05, 0.1) is 9.82 Å². The van der Waals surface area contributed by atoms with Gasteiger partial charge in [0.2, 0.25) is 10.0 Å². The third-order valence-corrected chi connectivity index (χ3v) is 5.08. The summed E-state index contributed by atoms with van der Waals surface area (Å²) in [6.45, 7) is 2.52. The summed E-state index contributed by atoms with van der Waals surface area (Å²) < 4.78 is 25.3. The van der Waals surface area contributed by atoms with Gasteiger partial charge in [0.15, 0.2) is 0 Å². The smallest absolute Gasteiger partial charge is 0.321 e. The van der Waals surface area contributed by atoms with Crippen LogP contribution in [0.1, 0.15) is 12.5 Å². The second-order valence-corrected chi connectivity index (χ2v) is 6.16. The number of rotatable bonds is 5. The third kappa shape index (κ3) is 2.78. The van der Waals surface area contributed by atoms with Gasteiger partial charge in [-0.2, -0.15) is 4.31 Å². The highest BCUT2D eigenvalue weighted by Gasteiger charge is 2.32. The van der Waals surface area contributed by atoms with Crippen molar-refractivity contribution in [2.45, 2.75) is 24.8 Å². The topological polar surface area (TPSA) is 118 Å². The summed E-state index contributed by atoms with van der Waals surface area (Å²) in [7, 11) is -3.00. The van der Waals surface area contributed by atoms with E-state index >= 15 is 0 Å². The molecule has 8 nitrogen and oxygen atoms in total. The maximum atomic E-state index is 12.3. The average molecular weight is 302 g/mol. The fourth-order valence-electron chi connectivity index (χ4n) is 1.60. The Kier molecular flexibility index (Phi) is 4.46. The highest BCUT2D eigenvalue weighted by Crippen LogP contribution is 2.27. The summed E-state index contributed by atoms with van der Waals surface area (Å²) in [4.78, 5) is 20.7. The largest absolute Gasteiger partial charge is 0.480 e. The number of aliphatic carboxylic acids is 1. The number of carbonyl (C=O) groups is 1. The standard InChI is InChI=1S/C11H14N2O6S/c1-7-9(13(16)17)5-4-6-10(7)20(18,19)12(3)8(2)11(14)15/h4-6,8H,1-3H3,(H,14,15). The van der Waals surface area contributed by atoms with Gasteiger partial charge in [-0.15, -0.1) is 0 Å². The van der Waals surface area contributed by atoms with E-state index in [1.165, 1.54) is 32.0 Å². The van der Waals surface area contributed by atoms with Gasteiger partial charge in [-0.1, -0.05) is 6.07 Å². The van der Waals surface area contributed by atoms with Crippen molar-refractivity contribution in [1.29, 1.82) is 0 Å². The zero-order chi connectivity index (χ0) is 15.7. The minimum absolute atomic E-state index is 0.0260. The van der Waals surface area contributed by atoms with Crippen LogP contribution >= 0.6 is 0 Å². The van der Waals surface area contributed by atoms with Crippen molar-refractivity contribution in [3.8, 4) is 0 Å². The number of likely N-dealkylation sites (N-methyl/N-ethyl adjacent to an activating group) is 1. The van der Waals surface area contributed by atoms with E-state index in [0.717, 1.165) is 7.05 Å². The van der Waals surface area contributed by atoms with Gasteiger partial charge in [-0.25, -0.2) is 8.42 Å². The number of sulfonamides is 1. The number of nitro groups is 1. The van der Waals surface area contributed by atoms with Gasteiger partial charge in [-0.05, 0) is 19.9 Å². The molecule has 0 spiro atoms. The fraction of sp³-hybridized carbons (Fsp3) is 0.364. The van der Waals surface area contributed by atoms with Crippen molar-refractivity contribution >= 4 is 21.7 Å². The molecule has 0 amide bonds. The second-order valence-electron chi connectivity index (χ2n) is 4.19. The summed E-state index contributed by atoms with van der Waals surface area (Å²) >= 11 is 0. The number of carboxylic acids is 1. The van der Waals surface area contributed by atoms with Gasteiger partial charge in [0.25, 0.3) is 5.69 Å². The molecule has 0 heterocycles. The summed E-state index contributed by atoms with van der Waals surface area (Å²) in [5.41, 5.74) is -0.357. The molecule has 1 atom stereocenters. The molecule has 0 bridgehead atoms. The maximum absolute atomic E-state index is 12.3. The Morgan fingerprint density at radius 3 is 2.45 bits per heavy atom. The number of benzene rings is 1. The molecule has 0 aliphatic heterocycles. The monoisotopic (exact) mass is 302 g/mol. The Morgan fingerprint density at radius 2 is 2.00 bits per heavy atom. The summed E-state index contributed by atoms with van der Waals surface area (Å²) in [6, 6.07) is 2.37. The quantitative estimate of drug-likeness (QED) is 0.640. The molecule has 0 radical (unpaired) electrons. The lowest BCUT2D eigenvalue weighted by molar-refractivity contribution is -0.385. The summed E-state index contributed by atoms with van der Waals surface area (Å²) in [6.07, 6.45) is 0. The minimum atomic E-state index is -4.12. The number of carboxylic acid groups (broad SMARTS) is 1. The van der Waals surface area contributed by atoms with E-state index in [9.17, 15) is 23.3 Å². The molecule has 0 aliphatic rings. The predicted molar refractivity (Wildman–Crippen MR) is 69.9 cm³/mol. The molecule has 0 saturated heterocycles. The van der Waals surface area contributed by atoms with Gasteiger partial charge < -0.3 is 5.11 Å². The Morgan fingerprint density at radius 1 is 1.45 bits per heavy atom. The van der Waals surface area contributed by atoms with Crippen molar-refractivity contribution in [1.82, 2.24) is 4.31 Å². The van der Waals surface area contributed by atoms with Crippen molar-refractivity contribution in [2.24, 2.45) is 0 Å². The van der Waals surface area contributed by atoms with Crippen LogP contribution in [0.5, 0.6) is 0 Å². The third-order valence-electron chi connectivity index (χ3n) is 3.01. The van der Waals surface area contributed by atoms with E-state index in [1.54, 1.807) is 0 Å². The first-order valence-electron chi connectivity index (χ1n) is 5.55. The average Bonchev–Trinajstić information content (AvgIpc) is 2.36. The first-order valence-corrected chi connectivity index (χ1v) is 6.99. The van der Waals surface area contributed by atoms with Gasteiger partial charge in [-0.3, -0.25) is 14.9 Å². The zero-order valence-corrected chi connectivity index (χ0v) is 11.9. The molecule has 9 heteroatoms. The van der Waals surface area contributed by atoms with Crippen molar-refractivity contribution < 1.29 is 23.2 Å². The van der Waals surface area contributed by atoms with Gasteiger partial charge in [0, 0.05) is 18.7 Å². The molecular formula is C11H14N2O6S.